The van der Waals surface area contributed by atoms with Crippen molar-refractivity contribution in [3.8, 4) is 11.5 Å². The Morgan fingerprint density at radius 2 is 1.76 bits per heavy atom. The van der Waals surface area contributed by atoms with Crippen LogP contribution in [0.15, 0.2) is 58.1 Å². The molecule has 0 saturated carbocycles. The smallest absolute Gasteiger partial charge is 0.283 e. The molecule has 0 atom stereocenters. The molecule has 2 aromatic carbocycles. The summed E-state index contributed by atoms with van der Waals surface area (Å²) in [7, 11) is 0. The van der Waals surface area contributed by atoms with Crippen molar-refractivity contribution in [2.24, 2.45) is 10.1 Å². The van der Waals surface area contributed by atoms with Gasteiger partial charge in [0, 0.05) is 0 Å². The molecule has 0 spiro atoms. The summed E-state index contributed by atoms with van der Waals surface area (Å²) in [6.45, 7) is 7.03. The first-order valence-electron chi connectivity index (χ1n) is 11.4. The molecule has 0 unspecified atom stereocenters. The average molecular weight is 477 g/mol. The Bertz CT molecular complexity index is 1160. The van der Waals surface area contributed by atoms with E-state index in [1.807, 2.05) is 56.3 Å². The Morgan fingerprint density at radius 3 is 2.47 bits per heavy atom. The molecule has 34 heavy (non-hydrogen) atoms. The largest absolute Gasteiger partial charge is 0.490 e. The van der Waals surface area contributed by atoms with Crippen molar-refractivity contribution in [3.05, 3.63) is 64.7 Å². The number of nitrogens with one attached hydrogen (secondary N) is 1. The van der Waals surface area contributed by atoms with E-state index in [0.29, 0.717) is 24.1 Å². The van der Waals surface area contributed by atoms with Gasteiger partial charge in [-0.05, 0) is 73.4 Å². The van der Waals surface area contributed by atoms with Crippen molar-refractivity contribution in [2.45, 2.75) is 40.0 Å². The molecule has 2 heterocycles. The fourth-order valence-electron chi connectivity index (χ4n) is 3.62. The number of fused-ring (bicyclic) bond motifs is 1. The van der Waals surface area contributed by atoms with E-state index in [9.17, 15) is 4.79 Å². The Balaban J connectivity index is 1.35. The molecule has 0 aliphatic carbocycles. The van der Waals surface area contributed by atoms with Gasteiger partial charge >= 0.3 is 0 Å². The number of para-hydroxylation sites is 1. The number of hydrogen-bond donors (Lipinski definition) is 1. The highest BCUT2D eigenvalue weighted by Gasteiger charge is 2.35. The van der Waals surface area contributed by atoms with Gasteiger partial charge in [0.15, 0.2) is 5.84 Å². The number of benzene rings is 2. The summed E-state index contributed by atoms with van der Waals surface area (Å²) in [5, 5.41) is 15.8. The van der Waals surface area contributed by atoms with Crippen LogP contribution in [0.3, 0.4) is 0 Å². The number of unbranched alkanes of at least 4 members (excludes halogenated alkanes) is 1. The average Bonchev–Trinajstić information content (AvgIpc) is 3.23. The molecular formula is C26H28N4O3S. The maximum atomic E-state index is 12.6. The molecule has 2 aromatic rings. The Kier molecular flexibility index (Phi) is 7.47. The van der Waals surface area contributed by atoms with Gasteiger partial charge in [-0.2, -0.15) is 15.1 Å². The van der Waals surface area contributed by atoms with Gasteiger partial charge in [-0.25, -0.2) is 0 Å². The van der Waals surface area contributed by atoms with Crippen LogP contribution in [0.2, 0.25) is 0 Å². The quantitative estimate of drug-likeness (QED) is 0.378. The molecule has 4 rings (SSSR count). The summed E-state index contributed by atoms with van der Waals surface area (Å²) >= 11 is 1.37. The van der Waals surface area contributed by atoms with Crippen LogP contribution < -0.4 is 9.47 Å². The third kappa shape index (κ3) is 5.39. The van der Waals surface area contributed by atoms with Crippen LogP contribution in [-0.4, -0.2) is 40.2 Å². The van der Waals surface area contributed by atoms with Crippen LogP contribution in [0, 0.1) is 19.3 Å². The zero-order valence-electron chi connectivity index (χ0n) is 19.6. The van der Waals surface area contributed by atoms with Gasteiger partial charge in [-0.3, -0.25) is 10.2 Å². The summed E-state index contributed by atoms with van der Waals surface area (Å²) < 4.78 is 11.7. The van der Waals surface area contributed by atoms with E-state index < -0.39 is 5.91 Å². The Morgan fingerprint density at radius 1 is 1.06 bits per heavy atom. The maximum absolute atomic E-state index is 12.6. The van der Waals surface area contributed by atoms with E-state index in [4.69, 9.17) is 14.9 Å². The number of nitrogens with zero attached hydrogens (tertiary/aromatic N) is 3. The normalized spacial score (nSPS) is 16.4. The lowest BCUT2D eigenvalue weighted by Gasteiger charge is -2.20. The number of thioether (sulfide) groups is 1. The van der Waals surface area contributed by atoms with Gasteiger partial charge in [-0.15, -0.1) is 0 Å². The lowest BCUT2D eigenvalue weighted by atomic mass is 10.1. The number of amidine groups is 2. The van der Waals surface area contributed by atoms with Crippen molar-refractivity contribution in [3.63, 3.8) is 0 Å². The first-order chi connectivity index (χ1) is 16.5. The minimum Gasteiger partial charge on any atom is -0.490 e. The molecule has 0 bridgehead atoms. The van der Waals surface area contributed by atoms with Gasteiger partial charge in [0.2, 0.25) is 5.17 Å². The number of carbonyl (C=O) groups excluding carboxylic acids is 1. The Labute approximate surface area is 204 Å². The van der Waals surface area contributed by atoms with Gasteiger partial charge < -0.3 is 9.47 Å². The molecule has 0 fully saturated rings. The third-order valence-corrected chi connectivity index (χ3v) is 6.41. The minimum absolute atomic E-state index is 0.0537. The number of hydrogen-bond acceptors (Lipinski definition) is 6. The second-order valence-corrected chi connectivity index (χ2v) is 9.14. The summed E-state index contributed by atoms with van der Waals surface area (Å²) in [6, 6.07) is 13.4. The number of aryl methyl sites for hydroxylation is 2. The van der Waals surface area contributed by atoms with Gasteiger partial charge in [0.1, 0.15) is 29.8 Å². The molecule has 7 nitrogen and oxygen atoms in total. The number of rotatable bonds is 9. The van der Waals surface area contributed by atoms with E-state index in [-0.39, 0.29) is 11.4 Å². The van der Waals surface area contributed by atoms with Crippen LogP contribution in [0.4, 0.5) is 0 Å². The van der Waals surface area contributed by atoms with E-state index in [0.717, 1.165) is 46.7 Å². The molecule has 1 N–H and O–H groups in total. The van der Waals surface area contributed by atoms with Crippen molar-refractivity contribution < 1.29 is 14.3 Å². The van der Waals surface area contributed by atoms with E-state index in [2.05, 4.69) is 17.0 Å². The standard InChI is InChI=1S/C26H28N4O3S/c1-4-5-9-22-29-30-24(27)21(25(31)28-26(30)34-22)16-19-10-12-20(13-11-19)32-14-15-33-23-17(2)7-6-8-18(23)3/h6-8,10-13,16,27H,4-5,9,14-15H2,1-3H3/b21-16+,27-24?. The van der Waals surface area contributed by atoms with Crippen LogP contribution in [0.25, 0.3) is 6.08 Å². The predicted molar refractivity (Wildman–Crippen MR) is 138 cm³/mol. The summed E-state index contributed by atoms with van der Waals surface area (Å²) in [6.07, 6.45) is 4.58. The fourth-order valence-corrected chi connectivity index (χ4v) is 4.54. The number of amides is 1. The first-order valence-corrected chi connectivity index (χ1v) is 12.2. The molecule has 1 amide bonds. The first kappa shape index (κ1) is 23.8. The summed E-state index contributed by atoms with van der Waals surface area (Å²) in [5.41, 5.74) is 3.22. The predicted octanol–water partition coefficient (Wildman–Crippen LogP) is 5.57. The molecule has 2 aliphatic rings. The molecule has 0 saturated heterocycles. The summed E-state index contributed by atoms with van der Waals surface area (Å²) in [4.78, 5) is 16.7. The topological polar surface area (TPSA) is 87.3 Å². The van der Waals surface area contributed by atoms with E-state index in [1.54, 1.807) is 6.08 Å². The highest BCUT2D eigenvalue weighted by atomic mass is 32.2. The van der Waals surface area contributed by atoms with Crippen LogP contribution >= 0.6 is 11.8 Å². The summed E-state index contributed by atoms with van der Waals surface area (Å²) in [5.74, 6) is 1.24. The van der Waals surface area contributed by atoms with Crippen molar-refractivity contribution in [1.82, 2.24) is 5.01 Å². The fraction of sp³-hybridized carbons (Fsp3) is 0.308. The molecule has 8 heteroatoms. The molecule has 2 aliphatic heterocycles. The van der Waals surface area contributed by atoms with Crippen LogP contribution in [0.1, 0.15) is 42.9 Å². The van der Waals surface area contributed by atoms with Crippen LogP contribution in [-0.2, 0) is 4.79 Å². The van der Waals surface area contributed by atoms with Crippen molar-refractivity contribution >= 4 is 39.8 Å². The number of aliphatic imine (C=N–C) groups is 1. The Hall–Kier alpha value is -3.39. The number of ether oxygens (including phenoxy) is 2. The molecular weight excluding hydrogens is 448 g/mol. The monoisotopic (exact) mass is 476 g/mol. The molecule has 0 radical (unpaired) electrons. The van der Waals surface area contributed by atoms with Gasteiger partial charge in [0.25, 0.3) is 5.91 Å². The van der Waals surface area contributed by atoms with E-state index >= 15 is 0 Å². The highest BCUT2D eigenvalue weighted by molar-refractivity contribution is 8.26. The van der Waals surface area contributed by atoms with E-state index in [1.165, 1.54) is 16.8 Å². The van der Waals surface area contributed by atoms with Gasteiger partial charge in [0.05, 0.1) is 5.57 Å². The SMILES string of the molecule is CCCCC1=NN2C(=N)/C(=C\c3ccc(OCCOc4c(C)cccc4C)cc3)C(=O)N=C2S1. The van der Waals surface area contributed by atoms with Crippen molar-refractivity contribution in [2.75, 3.05) is 13.2 Å². The van der Waals surface area contributed by atoms with Gasteiger partial charge in [-0.1, -0.05) is 43.7 Å². The molecule has 176 valence electrons. The second kappa shape index (κ2) is 10.7. The van der Waals surface area contributed by atoms with Crippen LogP contribution in [0.5, 0.6) is 11.5 Å². The number of carbonyl (C=O) groups is 1. The number of hydrazone groups is 1. The lowest BCUT2D eigenvalue weighted by Crippen LogP contribution is -2.35. The lowest BCUT2D eigenvalue weighted by molar-refractivity contribution is -0.114. The maximum Gasteiger partial charge on any atom is 0.283 e. The highest BCUT2D eigenvalue weighted by Crippen LogP contribution is 2.30. The zero-order valence-corrected chi connectivity index (χ0v) is 20.4. The zero-order chi connectivity index (χ0) is 24.1. The third-order valence-electron chi connectivity index (χ3n) is 5.44. The second-order valence-electron chi connectivity index (χ2n) is 8.10. The minimum atomic E-state index is -0.417. The molecule has 0 aromatic heterocycles. The van der Waals surface area contributed by atoms with Crippen molar-refractivity contribution in [1.29, 1.82) is 5.41 Å².